The molecule has 2 rings (SSSR count). The maximum atomic E-state index is 10.6. The number of nitrogens with one attached hydrogen (secondary N) is 1. The molecule has 0 aliphatic carbocycles. The first-order valence-corrected chi connectivity index (χ1v) is 11.8. The third-order valence-electron chi connectivity index (χ3n) is 3.50. The van der Waals surface area contributed by atoms with Crippen molar-refractivity contribution in [2.24, 2.45) is 0 Å². The summed E-state index contributed by atoms with van der Waals surface area (Å²) in [6.45, 7) is 7.66. The predicted molar refractivity (Wildman–Crippen MR) is 97.9 cm³/mol. The van der Waals surface area contributed by atoms with Crippen LogP contribution in [0.2, 0.25) is 19.6 Å². The predicted octanol–water partition coefficient (Wildman–Crippen LogP) is 2.29. The Balaban J connectivity index is 2.37. The van der Waals surface area contributed by atoms with Gasteiger partial charge in [-0.25, -0.2) is 0 Å². The van der Waals surface area contributed by atoms with Crippen LogP contribution in [0.25, 0.3) is 0 Å². The Kier molecular flexibility index (Phi) is 5.21. The highest BCUT2D eigenvalue weighted by atomic mass is 31.1. The normalized spacial score (nSPS) is 12.2. The summed E-state index contributed by atoms with van der Waals surface area (Å²) in [5.41, 5.74) is 1.30. The molecule has 0 saturated heterocycles. The molecule has 0 radical (unpaired) electrons. The van der Waals surface area contributed by atoms with Gasteiger partial charge in [0.1, 0.15) is 5.75 Å². The standard InChI is InChI=1S/C17H24NOPSi/c1-18-12-13-8-5-6-9-14(13)20-15-10-7-11-16(17(15)19)21(2,3)4/h5-11,18-20H,12H2,1-4H3. The molecule has 0 aromatic heterocycles. The van der Waals surface area contributed by atoms with Gasteiger partial charge in [-0.05, 0) is 23.1 Å². The van der Waals surface area contributed by atoms with Crippen molar-refractivity contribution < 1.29 is 5.11 Å². The van der Waals surface area contributed by atoms with Crippen LogP contribution in [-0.2, 0) is 6.54 Å². The average Bonchev–Trinajstić information content (AvgIpc) is 2.42. The van der Waals surface area contributed by atoms with Gasteiger partial charge in [-0.2, -0.15) is 0 Å². The molecule has 1 unspecified atom stereocenters. The van der Waals surface area contributed by atoms with Crippen molar-refractivity contribution >= 4 is 32.5 Å². The minimum atomic E-state index is -1.51. The lowest BCUT2D eigenvalue weighted by Gasteiger charge is -2.20. The van der Waals surface area contributed by atoms with Crippen molar-refractivity contribution in [2.75, 3.05) is 7.05 Å². The molecule has 1 atom stereocenters. The smallest absolute Gasteiger partial charge is 0.122 e. The summed E-state index contributed by atoms with van der Waals surface area (Å²) < 4.78 is 0. The van der Waals surface area contributed by atoms with Crippen molar-refractivity contribution in [1.29, 1.82) is 0 Å². The van der Waals surface area contributed by atoms with Gasteiger partial charge in [0.15, 0.2) is 0 Å². The van der Waals surface area contributed by atoms with Crippen molar-refractivity contribution in [3.63, 3.8) is 0 Å². The number of benzene rings is 2. The van der Waals surface area contributed by atoms with E-state index in [4.69, 9.17) is 0 Å². The third-order valence-corrected chi connectivity index (χ3v) is 6.95. The Bertz CT molecular complexity index is 622. The first-order chi connectivity index (χ1) is 9.93. The van der Waals surface area contributed by atoms with E-state index in [2.05, 4.69) is 61.4 Å². The number of phenolic OH excluding ortho intramolecular Hbond substituents is 1. The molecular formula is C17H24NOPSi. The lowest BCUT2D eigenvalue weighted by Crippen LogP contribution is -2.39. The molecule has 0 heterocycles. The second kappa shape index (κ2) is 6.74. The van der Waals surface area contributed by atoms with E-state index in [9.17, 15) is 5.11 Å². The van der Waals surface area contributed by atoms with E-state index in [1.807, 2.05) is 13.1 Å². The monoisotopic (exact) mass is 317 g/mol. The topological polar surface area (TPSA) is 32.3 Å². The molecule has 0 aliphatic heterocycles. The highest BCUT2D eigenvalue weighted by Crippen LogP contribution is 2.21. The van der Waals surface area contributed by atoms with Gasteiger partial charge in [-0.3, -0.25) is 0 Å². The van der Waals surface area contributed by atoms with Gasteiger partial charge in [0.2, 0.25) is 0 Å². The van der Waals surface area contributed by atoms with Gasteiger partial charge in [-0.15, -0.1) is 0 Å². The van der Waals surface area contributed by atoms with E-state index < -0.39 is 8.07 Å². The molecule has 112 valence electrons. The van der Waals surface area contributed by atoms with Gasteiger partial charge in [0, 0.05) is 11.8 Å². The molecule has 2 nitrogen and oxygen atoms in total. The number of rotatable bonds is 5. The van der Waals surface area contributed by atoms with E-state index in [-0.39, 0.29) is 0 Å². The Hall–Kier alpha value is -1.15. The third kappa shape index (κ3) is 3.94. The summed E-state index contributed by atoms with van der Waals surface area (Å²) in [5.74, 6) is 0.509. The van der Waals surface area contributed by atoms with E-state index in [0.717, 1.165) is 17.0 Å². The van der Waals surface area contributed by atoms with Crippen LogP contribution in [-0.4, -0.2) is 20.2 Å². The molecule has 0 bridgehead atoms. The van der Waals surface area contributed by atoms with Gasteiger partial charge >= 0.3 is 0 Å². The Morgan fingerprint density at radius 1 is 1.00 bits per heavy atom. The van der Waals surface area contributed by atoms with E-state index in [1.165, 1.54) is 10.9 Å². The van der Waals surface area contributed by atoms with Crippen LogP contribution in [0.3, 0.4) is 0 Å². The highest BCUT2D eigenvalue weighted by molar-refractivity contribution is 7.56. The van der Waals surface area contributed by atoms with Gasteiger partial charge < -0.3 is 10.4 Å². The van der Waals surface area contributed by atoms with E-state index in [1.54, 1.807) is 0 Å². The Labute approximate surface area is 130 Å². The van der Waals surface area contributed by atoms with Crippen LogP contribution in [0.5, 0.6) is 5.75 Å². The largest absolute Gasteiger partial charge is 0.507 e. The summed E-state index contributed by atoms with van der Waals surface area (Å²) in [7, 11) is 0.940. The van der Waals surface area contributed by atoms with Crippen molar-refractivity contribution in [3.8, 4) is 5.75 Å². The molecule has 0 fully saturated rings. The zero-order valence-corrected chi connectivity index (χ0v) is 15.2. The minimum absolute atomic E-state index is 0.492. The number of phenols is 1. The second-order valence-electron chi connectivity index (χ2n) is 6.26. The zero-order chi connectivity index (χ0) is 15.5. The zero-order valence-electron chi connectivity index (χ0n) is 13.2. The fourth-order valence-corrected chi connectivity index (χ4v) is 5.18. The second-order valence-corrected chi connectivity index (χ2v) is 12.6. The molecule has 21 heavy (non-hydrogen) atoms. The molecule has 2 N–H and O–H groups in total. The van der Waals surface area contributed by atoms with Gasteiger partial charge in [-0.1, -0.05) is 70.7 Å². The first kappa shape index (κ1) is 16.2. The number of aromatic hydroxyl groups is 1. The van der Waals surface area contributed by atoms with Crippen LogP contribution in [0, 0.1) is 0 Å². The summed E-state index contributed by atoms with van der Waals surface area (Å²) in [6, 6.07) is 14.7. The van der Waals surface area contributed by atoms with Crippen LogP contribution < -0.4 is 21.1 Å². The minimum Gasteiger partial charge on any atom is -0.507 e. The number of para-hydroxylation sites is 1. The van der Waals surface area contributed by atoms with E-state index in [0.29, 0.717) is 14.3 Å². The Morgan fingerprint density at radius 2 is 1.67 bits per heavy atom. The summed E-state index contributed by atoms with van der Waals surface area (Å²) in [5, 5.41) is 17.3. The highest BCUT2D eigenvalue weighted by Gasteiger charge is 2.22. The Morgan fingerprint density at radius 3 is 2.33 bits per heavy atom. The molecule has 0 saturated carbocycles. The molecular weight excluding hydrogens is 293 g/mol. The quantitative estimate of drug-likeness (QED) is 0.655. The lowest BCUT2D eigenvalue weighted by atomic mass is 10.2. The summed E-state index contributed by atoms with van der Waals surface area (Å²) in [6.07, 6.45) is 0. The lowest BCUT2D eigenvalue weighted by molar-refractivity contribution is 0.483. The molecule has 0 aliphatic rings. The fraction of sp³-hybridized carbons (Fsp3) is 0.294. The molecule has 2 aromatic carbocycles. The summed E-state index contributed by atoms with van der Waals surface area (Å²) in [4.78, 5) is 0. The van der Waals surface area contributed by atoms with Crippen LogP contribution in [0.4, 0.5) is 0 Å². The summed E-state index contributed by atoms with van der Waals surface area (Å²) >= 11 is 0. The molecule has 4 heteroatoms. The maximum absolute atomic E-state index is 10.6. The van der Waals surface area contributed by atoms with Gasteiger partial charge in [0.05, 0.1) is 8.07 Å². The van der Waals surface area contributed by atoms with Crippen LogP contribution in [0.1, 0.15) is 5.56 Å². The van der Waals surface area contributed by atoms with E-state index >= 15 is 0 Å². The molecule has 2 aromatic rings. The SMILES string of the molecule is CNCc1ccccc1Pc1cccc([Si](C)(C)C)c1O. The maximum Gasteiger partial charge on any atom is 0.122 e. The first-order valence-electron chi connectivity index (χ1n) is 7.25. The van der Waals surface area contributed by atoms with Crippen molar-refractivity contribution in [3.05, 3.63) is 48.0 Å². The average molecular weight is 317 g/mol. The van der Waals surface area contributed by atoms with Crippen molar-refractivity contribution in [2.45, 2.75) is 26.2 Å². The van der Waals surface area contributed by atoms with Gasteiger partial charge in [0.25, 0.3) is 0 Å². The van der Waals surface area contributed by atoms with Crippen LogP contribution >= 0.6 is 8.58 Å². The van der Waals surface area contributed by atoms with Crippen molar-refractivity contribution in [1.82, 2.24) is 5.32 Å². The molecule has 0 amide bonds. The molecule has 0 spiro atoms. The number of hydrogen-bond acceptors (Lipinski definition) is 2. The van der Waals surface area contributed by atoms with Crippen LogP contribution in [0.15, 0.2) is 42.5 Å². The number of hydrogen-bond donors (Lipinski definition) is 2. The fourth-order valence-electron chi connectivity index (χ4n) is 2.38.